The molecule has 0 spiro atoms. The number of amides is 1. The van der Waals surface area contributed by atoms with E-state index in [2.05, 4.69) is 15.0 Å². The van der Waals surface area contributed by atoms with Gasteiger partial charge in [0.2, 0.25) is 5.95 Å². The minimum atomic E-state index is -3.17. The molecule has 10 heteroatoms. The Morgan fingerprint density at radius 3 is 3.04 bits per heavy atom. The largest absolute Gasteiger partial charge is 0.345 e. The van der Waals surface area contributed by atoms with E-state index in [-0.39, 0.29) is 22.0 Å². The minimum Gasteiger partial charge on any atom is -0.345 e. The molecular formula is C15H15FN6O2S. The van der Waals surface area contributed by atoms with Crippen LogP contribution in [0.25, 0.3) is 0 Å². The van der Waals surface area contributed by atoms with Crippen LogP contribution in [0.2, 0.25) is 0 Å². The molecule has 0 bridgehead atoms. The lowest BCUT2D eigenvalue weighted by Gasteiger charge is -2.09. The molecule has 0 aliphatic carbocycles. The Kier molecular flexibility index (Phi) is 4.28. The van der Waals surface area contributed by atoms with Crippen LogP contribution in [0.1, 0.15) is 28.2 Å². The molecule has 2 aromatic rings. The zero-order valence-electron chi connectivity index (χ0n) is 13.3. The molecule has 0 fully saturated rings. The van der Waals surface area contributed by atoms with E-state index in [4.69, 9.17) is 10.0 Å². The SMILES string of the molecule is Cn1cc2c(c1C(=O)Nc1cc(F)nc(C#N)c1)CCCNS2(=N)=O. The first kappa shape index (κ1) is 17.1. The van der Waals surface area contributed by atoms with Gasteiger partial charge in [-0.3, -0.25) is 4.79 Å². The second kappa shape index (κ2) is 6.27. The zero-order chi connectivity index (χ0) is 18.2. The van der Waals surface area contributed by atoms with Gasteiger partial charge in [0.25, 0.3) is 5.91 Å². The third-order valence-corrected chi connectivity index (χ3v) is 5.43. The van der Waals surface area contributed by atoms with E-state index in [0.29, 0.717) is 24.9 Å². The predicted octanol–water partition coefficient (Wildman–Crippen LogP) is 1.54. The number of pyridine rings is 1. The van der Waals surface area contributed by atoms with Crippen LogP contribution in [0.5, 0.6) is 0 Å². The molecular weight excluding hydrogens is 347 g/mol. The van der Waals surface area contributed by atoms with E-state index >= 15 is 0 Å². The summed E-state index contributed by atoms with van der Waals surface area (Å²) in [5.41, 5.74) is 0.746. The highest BCUT2D eigenvalue weighted by atomic mass is 32.2. The monoisotopic (exact) mass is 362 g/mol. The summed E-state index contributed by atoms with van der Waals surface area (Å²) < 4.78 is 38.0. The highest BCUT2D eigenvalue weighted by Gasteiger charge is 2.27. The van der Waals surface area contributed by atoms with Crippen molar-refractivity contribution in [2.24, 2.45) is 7.05 Å². The van der Waals surface area contributed by atoms with Crippen LogP contribution in [0.15, 0.2) is 23.2 Å². The van der Waals surface area contributed by atoms with Crippen LogP contribution < -0.4 is 10.0 Å². The van der Waals surface area contributed by atoms with Gasteiger partial charge in [0.1, 0.15) is 27.4 Å². The van der Waals surface area contributed by atoms with E-state index < -0.39 is 21.8 Å². The molecule has 0 radical (unpaired) electrons. The van der Waals surface area contributed by atoms with Crippen molar-refractivity contribution < 1.29 is 13.4 Å². The fraction of sp³-hybridized carbons (Fsp3) is 0.267. The van der Waals surface area contributed by atoms with Crippen LogP contribution in [0.3, 0.4) is 0 Å². The second-order valence-electron chi connectivity index (χ2n) is 5.62. The minimum absolute atomic E-state index is 0.0994. The quantitative estimate of drug-likeness (QED) is 0.701. The van der Waals surface area contributed by atoms with Crippen molar-refractivity contribution in [2.75, 3.05) is 11.9 Å². The number of nitrogens with one attached hydrogen (secondary N) is 3. The van der Waals surface area contributed by atoms with Crippen molar-refractivity contribution in [1.82, 2.24) is 14.3 Å². The molecule has 1 atom stereocenters. The maximum absolute atomic E-state index is 13.4. The molecule has 0 aromatic carbocycles. The maximum atomic E-state index is 13.4. The standard InChI is InChI=1S/C15H15FN6O2S/c1-22-8-12-11(3-2-4-19-25(12,18)24)14(22)15(23)21-9-5-10(7-17)20-13(16)6-9/h5-6,8H,2-4H2,1H3,(H2,18,19,24)(H,20,21,23). The van der Waals surface area contributed by atoms with Gasteiger partial charge < -0.3 is 9.88 Å². The number of rotatable bonds is 2. The predicted molar refractivity (Wildman–Crippen MR) is 87.7 cm³/mol. The van der Waals surface area contributed by atoms with E-state index in [1.54, 1.807) is 13.1 Å². The highest BCUT2D eigenvalue weighted by molar-refractivity contribution is 7.90. The maximum Gasteiger partial charge on any atom is 0.272 e. The normalized spacial score (nSPS) is 19.6. The Morgan fingerprint density at radius 1 is 1.56 bits per heavy atom. The average Bonchev–Trinajstić information content (AvgIpc) is 2.81. The van der Waals surface area contributed by atoms with Crippen LogP contribution in [-0.2, 0) is 23.4 Å². The summed E-state index contributed by atoms with van der Waals surface area (Å²) in [5, 5.41) is 11.4. The topological polar surface area (TPSA) is 124 Å². The van der Waals surface area contributed by atoms with Crippen LogP contribution in [0.4, 0.5) is 10.1 Å². The van der Waals surface area contributed by atoms with Crippen molar-refractivity contribution in [3.05, 3.63) is 41.2 Å². The first-order valence-corrected chi connectivity index (χ1v) is 8.98. The second-order valence-corrected chi connectivity index (χ2v) is 7.46. The van der Waals surface area contributed by atoms with Gasteiger partial charge >= 0.3 is 0 Å². The summed E-state index contributed by atoms with van der Waals surface area (Å²) in [7, 11) is -1.55. The number of fused-ring (bicyclic) bond motifs is 1. The number of carbonyl (C=O) groups is 1. The molecule has 1 aliphatic heterocycles. The van der Waals surface area contributed by atoms with Crippen molar-refractivity contribution in [2.45, 2.75) is 17.7 Å². The third-order valence-electron chi connectivity index (χ3n) is 3.85. The summed E-state index contributed by atoms with van der Waals surface area (Å²) in [4.78, 5) is 16.3. The van der Waals surface area contributed by atoms with Crippen molar-refractivity contribution in [1.29, 1.82) is 10.0 Å². The summed E-state index contributed by atoms with van der Waals surface area (Å²) in [6.07, 6.45) is 2.64. The molecule has 3 rings (SSSR count). The van der Waals surface area contributed by atoms with E-state index in [1.807, 2.05) is 0 Å². The Bertz CT molecular complexity index is 1010. The molecule has 130 valence electrons. The molecule has 0 saturated heterocycles. The van der Waals surface area contributed by atoms with Gasteiger partial charge in [-0.05, 0) is 18.9 Å². The van der Waals surface area contributed by atoms with Crippen molar-refractivity contribution >= 4 is 21.5 Å². The van der Waals surface area contributed by atoms with Crippen LogP contribution in [-0.4, -0.2) is 26.2 Å². The zero-order valence-corrected chi connectivity index (χ0v) is 14.1. The lowest BCUT2D eigenvalue weighted by molar-refractivity contribution is 0.101. The summed E-state index contributed by atoms with van der Waals surface area (Å²) in [6.45, 7) is 0.420. The van der Waals surface area contributed by atoms with Gasteiger partial charge in [0, 0.05) is 37.1 Å². The molecule has 2 aromatic heterocycles. The summed E-state index contributed by atoms with van der Waals surface area (Å²) in [5.74, 6) is -1.41. The number of carbonyl (C=O) groups excluding carboxylic acids is 1. The Balaban J connectivity index is 2.01. The Hall–Kier alpha value is -2.77. The van der Waals surface area contributed by atoms with E-state index in [9.17, 15) is 13.4 Å². The summed E-state index contributed by atoms with van der Waals surface area (Å²) >= 11 is 0. The molecule has 8 nitrogen and oxygen atoms in total. The number of nitriles is 1. The fourth-order valence-electron chi connectivity index (χ4n) is 2.81. The number of nitrogens with zero attached hydrogens (tertiary/aromatic N) is 3. The first-order valence-electron chi connectivity index (χ1n) is 7.42. The smallest absolute Gasteiger partial charge is 0.272 e. The third kappa shape index (κ3) is 3.24. The Labute approximate surface area is 143 Å². The van der Waals surface area contributed by atoms with Gasteiger partial charge in [-0.25, -0.2) is 18.7 Å². The molecule has 1 amide bonds. The van der Waals surface area contributed by atoms with Crippen molar-refractivity contribution in [3.8, 4) is 6.07 Å². The van der Waals surface area contributed by atoms with Gasteiger partial charge in [-0.15, -0.1) is 0 Å². The highest BCUT2D eigenvalue weighted by Crippen LogP contribution is 2.26. The lowest BCUT2D eigenvalue weighted by Crippen LogP contribution is -2.21. The van der Waals surface area contributed by atoms with Crippen molar-refractivity contribution in [3.63, 3.8) is 0 Å². The number of anilines is 1. The molecule has 3 heterocycles. The van der Waals surface area contributed by atoms with Crippen LogP contribution in [0, 0.1) is 22.1 Å². The van der Waals surface area contributed by atoms with Gasteiger partial charge in [-0.2, -0.15) is 9.65 Å². The number of hydrogen-bond donors (Lipinski definition) is 3. The molecule has 25 heavy (non-hydrogen) atoms. The van der Waals surface area contributed by atoms with Crippen LogP contribution >= 0.6 is 0 Å². The average molecular weight is 362 g/mol. The number of aryl methyl sites for hydroxylation is 1. The Morgan fingerprint density at radius 2 is 2.32 bits per heavy atom. The number of hydrogen-bond acceptors (Lipinski definition) is 5. The van der Waals surface area contributed by atoms with Gasteiger partial charge in [0.15, 0.2) is 0 Å². The molecule has 1 aliphatic rings. The molecule has 1 unspecified atom stereocenters. The van der Waals surface area contributed by atoms with E-state index in [1.165, 1.54) is 16.8 Å². The first-order chi connectivity index (χ1) is 11.8. The fourth-order valence-corrected chi connectivity index (χ4v) is 4.25. The molecule has 0 saturated carbocycles. The number of aromatic nitrogens is 2. The summed E-state index contributed by atoms with van der Waals surface area (Å²) in [6, 6.07) is 3.99. The number of halogens is 1. The lowest BCUT2D eigenvalue weighted by atomic mass is 10.1. The van der Waals surface area contributed by atoms with E-state index in [0.717, 1.165) is 6.07 Å². The van der Waals surface area contributed by atoms with Gasteiger partial charge in [0.05, 0.1) is 4.90 Å². The van der Waals surface area contributed by atoms with Gasteiger partial charge in [-0.1, -0.05) is 0 Å². The molecule has 3 N–H and O–H groups in total.